The second kappa shape index (κ2) is 6.53. The first-order valence-electron chi connectivity index (χ1n) is 5.60. The van der Waals surface area contributed by atoms with Crippen molar-refractivity contribution >= 4 is 17.6 Å². The van der Waals surface area contributed by atoms with Gasteiger partial charge in [0.1, 0.15) is 5.69 Å². The third kappa shape index (κ3) is 4.09. The molecule has 0 bridgehead atoms. The van der Waals surface area contributed by atoms with Crippen molar-refractivity contribution in [2.24, 2.45) is 0 Å². The van der Waals surface area contributed by atoms with Crippen molar-refractivity contribution in [1.82, 2.24) is 9.88 Å². The molecular weight excluding hydrogens is 254 g/mol. The number of aromatic nitrogens is 1. The van der Waals surface area contributed by atoms with E-state index in [9.17, 15) is 19.7 Å². The molecule has 0 fully saturated rings. The Bertz CT molecular complexity index is 482. The predicted molar refractivity (Wildman–Crippen MR) is 65.7 cm³/mol. The highest BCUT2D eigenvalue weighted by atomic mass is 16.6. The van der Waals surface area contributed by atoms with Crippen molar-refractivity contribution in [3.8, 4) is 0 Å². The summed E-state index contributed by atoms with van der Waals surface area (Å²) in [5, 5.41) is 10.5. The van der Waals surface area contributed by atoms with Gasteiger partial charge in [0.25, 0.3) is 11.6 Å². The highest BCUT2D eigenvalue weighted by molar-refractivity contribution is 5.93. The van der Waals surface area contributed by atoms with Crippen LogP contribution in [0.25, 0.3) is 0 Å². The van der Waals surface area contributed by atoms with Crippen LogP contribution in [0.15, 0.2) is 12.3 Å². The van der Waals surface area contributed by atoms with E-state index in [1.807, 2.05) is 0 Å². The molecule has 1 N–H and O–H groups in total. The molecule has 0 unspecified atom stereocenters. The Labute approximate surface area is 109 Å². The van der Waals surface area contributed by atoms with E-state index >= 15 is 0 Å². The Morgan fingerprint density at radius 1 is 1.53 bits per heavy atom. The van der Waals surface area contributed by atoms with Crippen LogP contribution < -0.4 is 0 Å². The molecule has 0 radical (unpaired) electrons. The van der Waals surface area contributed by atoms with Crippen molar-refractivity contribution in [3.63, 3.8) is 0 Å². The van der Waals surface area contributed by atoms with Gasteiger partial charge in [0, 0.05) is 26.1 Å². The summed E-state index contributed by atoms with van der Waals surface area (Å²) in [5.41, 5.74) is -0.0152. The molecular formula is C11H15N3O5. The lowest BCUT2D eigenvalue weighted by molar-refractivity contribution is -0.384. The molecule has 0 saturated heterocycles. The summed E-state index contributed by atoms with van der Waals surface area (Å²) in [5.74, 6) is -0.700. The molecule has 1 aromatic rings. The zero-order valence-electron chi connectivity index (χ0n) is 10.7. The molecule has 1 aromatic heterocycles. The molecule has 0 aliphatic carbocycles. The fraction of sp³-hybridized carbons (Fsp3) is 0.455. The van der Waals surface area contributed by atoms with Gasteiger partial charge in [-0.25, -0.2) is 0 Å². The molecule has 0 aromatic carbocycles. The van der Waals surface area contributed by atoms with Crippen LogP contribution in [-0.4, -0.2) is 47.4 Å². The minimum atomic E-state index is -0.579. The molecule has 8 heteroatoms. The molecule has 0 aliphatic rings. The zero-order valence-corrected chi connectivity index (χ0v) is 10.7. The van der Waals surface area contributed by atoms with E-state index in [0.29, 0.717) is 13.0 Å². The highest BCUT2D eigenvalue weighted by Crippen LogP contribution is 2.13. The summed E-state index contributed by atoms with van der Waals surface area (Å²) in [7, 11) is 2.86. The second-order valence-electron chi connectivity index (χ2n) is 3.94. The molecule has 1 amide bonds. The molecule has 0 atom stereocenters. The van der Waals surface area contributed by atoms with Crippen LogP contribution >= 0.6 is 0 Å². The largest absolute Gasteiger partial charge is 0.469 e. The second-order valence-corrected chi connectivity index (χ2v) is 3.94. The molecule has 0 aliphatic heterocycles. The van der Waals surface area contributed by atoms with Crippen LogP contribution in [-0.2, 0) is 9.53 Å². The maximum absolute atomic E-state index is 11.9. The van der Waals surface area contributed by atoms with Gasteiger partial charge in [-0.3, -0.25) is 19.7 Å². The van der Waals surface area contributed by atoms with Crippen LogP contribution in [0.2, 0.25) is 0 Å². The van der Waals surface area contributed by atoms with Crippen LogP contribution in [0.4, 0.5) is 5.69 Å². The van der Waals surface area contributed by atoms with Gasteiger partial charge in [-0.15, -0.1) is 0 Å². The Morgan fingerprint density at radius 3 is 2.74 bits per heavy atom. The normalized spacial score (nSPS) is 10.0. The Hall–Kier alpha value is -2.38. The minimum absolute atomic E-state index is 0.146. The van der Waals surface area contributed by atoms with Crippen LogP contribution in [0.1, 0.15) is 23.3 Å². The van der Waals surface area contributed by atoms with Gasteiger partial charge in [-0.05, 0) is 6.42 Å². The lowest BCUT2D eigenvalue weighted by Gasteiger charge is -2.15. The Kier molecular flexibility index (Phi) is 5.04. The number of aromatic amines is 1. The number of H-pyrrole nitrogens is 1. The molecule has 19 heavy (non-hydrogen) atoms. The SMILES string of the molecule is COC(=O)CCCN(C)C(=O)c1cc([N+](=O)[O-])c[nH]1. The quantitative estimate of drug-likeness (QED) is 0.470. The van der Waals surface area contributed by atoms with Crippen molar-refractivity contribution in [3.05, 3.63) is 28.1 Å². The fourth-order valence-corrected chi connectivity index (χ4v) is 1.48. The fourth-order valence-electron chi connectivity index (χ4n) is 1.48. The first kappa shape index (κ1) is 14.7. The summed E-state index contributed by atoms with van der Waals surface area (Å²) in [6.45, 7) is 0.362. The van der Waals surface area contributed by atoms with Gasteiger partial charge in [0.05, 0.1) is 18.2 Å². The van der Waals surface area contributed by atoms with Crippen LogP contribution in [0, 0.1) is 10.1 Å². The Balaban J connectivity index is 2.51. The van der Waals surface area contributed by atoms with E-state index in [-0.39, 0.29) is 29.7 Å². The van der Waals surface area contributed by atoms with Gasteiger partial charge in [0.2, 0.25) is 0 Å². The Morgan fingerprint density at radius 2 is 2.21 bits per heavy atom. The maximum Gasteiger partial charge on any atom is 0.305 e. The number of hydrogen-bond acceptors (Lipinski definition) is 5. The van der Waals surface area contributed by atoms with Crippen molar-refractivity contribution in [2.45, 2.75) is 12.8 Å². The smallest absolute Gasteiger partial charge is 0.305 e. The summed E-state index contributed by atoms with van der Waals surface area (Å²) in [4.78, 5) is 36.6. The van der Waals surface area contributed by atoms with Crippen molar-refractivity contribution in [1.29, 1.82) is 0 Å². The first-order valence-corrected chi connectivity index (χ1v) is 5.60. The number of nitrogens with one attached hydrogen (secondary N) is 1. The number of carbonyl (C=O) groups excluding carboxylic acids is 2. The van der Waals surface area contributed by atoms with E-state index in [2.05, 4.69) is 9.72 Å². The topological polar surface area (TPSA) is 106 Å². The number of hydrogen-bond donors (Lipinski definition) is 1. The summed E-state index contributed by atoms with van der Waals surface area (Å²) < 4.78 is 4.48. The van der Waals surface area contributed by atoms with Crippen molar-refractivity contribution < 1.29 is 19.2 Å². The predicted octanol–water partition coefficient (Wildman–Crippen LogP) is 0.948. The van der Waals surface area contributed by atoms with E-state index in [4.69, 9.17) is 0 Å². The third-order valence-electron chi connectivity index (χ3n) is 2.56. The van der Waals surface area contributed by atoms with Crippen LogP contribution in [0.3, 0.4) is 0 Å². The lowest BCUT2D eigenvalue weighted by atomic mass is 10.3. The summed E-state index contributed by atoms with van der Waals surface area (Å²) >= 11 is 0. The number of ether oxygens (including phenoxy) is 1. The highest BCUT2D eigenvalue weighted by Gasteiger charge is 2.17. The first-order chi connectivity index (χ1) is 8.95. The number of esters is 1. The van der Waals surface area contributed by atoms with E-state index in [1.54, 1.807) is 7.05 Å². The molecule has 1 rings (SSSR count). The molecule has 0 spiro atoms. The molecule has 0 saturated carbocycles. The average molecular weight is 269 g/mol. The summed E-state index contributed by atoms with van der Waals surface area (Å²) in [6.07, 6.45) is 1.85. The van der Waals surface area contributed by atoms with Gasteiger partial charge in [-0.1, -0.05) is 0 Å². The van der Waals surface area contributed by atoms with E-state index < -0.39 is 4.92 Å². The van der Waals surface area contributed by atoms with E-state index in [1.165, 1.54) is 18.1 Å². The molecule has 104 valence electrons. The molecule has 1 heterocycles. The number of methoxy groups -OCH3 is 1. The van der Waals surface area contributed by atoms with Gasteiger partial charge < -0.3 is 14.6 Å². The van der Waals surface area contributed by atoms with Gasteiger partial charge >= 0.3 is 5.97 Å². The van der Waals surface area contributed by atoms with Crippen LogP contribution in [0.5, 0.6) is 0 Å². The number of carbonyl (C=O) groups is 2. The zero-order chi connectivity index (χ0) is 14.4. The maximum atomic E-state index is 11.9. The number of nitro groups is 1. The number of nitrogens with zero attached hydrogens (tertiary/aromatic N) is 2. The van der Waals surface area contributed by atoms with Gasteiger partial charge in [-0.2, -0.15) is 0 Å². The lowest BCUT2D eigenvalue weighted by Crippen LogP contribution is -2.28. The standard InChI is InChI=1S/C11H15N3O5/c1-13(5-3-4-10(15)19-2)11(16)9-6-8(7-12-9)14(17)18/h6-7,12H,3-5H2,1-2H3. The van der Waals surface area contributed by atoms with Gasteiger partial charge in [0.15, 0.2) is 0 Å². The number of rotatable bonds is 6. The average Bonchev–Trinajstić information content (AvgIpc) is 2.87. The monoisotopic (exact) mass is 269 g/mol. The summed E-state index contributed by atoms with van der Waals surface area (Å²) in [6, 6.07) is 1.18. The molecule has 8 nitrogen and oxygen atoms in total. The number of amides is 1. The van der Waals surface area contributed by atoms with Crippen molar-refractivity contribution in [2.75, 3.05) is 20.7 Å². The van der Waals surface area contributed by atoms with E-state index in [0.717, 1.165) is 6.20 Å². The minimum Gasteiger partial charge on any atom is -0.469 e. The third-order valence-corrected chi connectivity index (χ3v) is 2.56.